The van der Waals surface area contributed by atoms with E-state index < -0.39 is 0 Å². The van der Waals surface area contributed by atoms with Crippen molar-refractivity contribution in [2.45, 2.75) is 25.9 Å². The van der Waals surface area contributed by atoms with Gasteiger partial charge in [0.05, 0.1) is 5.02 Å². The van der Waals surface area contributed by atoms with Crippen molar-refractivity contribution in [1.29, 1.82) is 0 Å². The Morgan fingerprint density at radius 2 is 1.88 bits per heavy atom. The van der Waals surface area contributed by atoms with Gasteiger partial charge in [0.1, 0.15) is 23.8 Å². The van der Waals surface area contributed by atoms with Gasteiger partial charge in [-0.3, -0.25) is 0 Å². The summed E-state index contributed by atoms with van der Waals surface area (Å²) in [7, 11) is 0. The van der Waals surface area contributed by atoms with Crippen LogP contribution >= 0.6 is 11.6 Å². The summed E-state index contributed by atoms with van der Waals surface area (Å²) in [4.78, 5) is 12.1. The van der Waals surface area contributed by atoms with Gasteiger partial charge in [0, 0.05) is 17.0 Å². The first-order valence-electron chi connectivity index (χ1n) is 7.77. The first-order valence-corrected chi connectivity index (χ1v) is 8.15. The molecule has 0 saturated carbocycles. The zero-order chi connectivity index (χ0) is 16.7. The SMILES string of the molecule is O=c1oc2cc(OCc3ccc(F)cc3)c(Cl)cc2c2c1CCC2. The highest BCUT2D eigenvalue weighted by Crippen LogP contribution is 2.35. The molecule has 0 unspecified atom stereocenters. The van der Waals surface area contributed by atoms with Crippen LogP contribution in [0.3, 0.4) is 0 Å². The molecule has 122 valence electrons. The summed E-state index contributed by atoms with van der Waals surface area (Å²) in [5.41, 5.74) is 2.83. The summed E-state index contributed by atoms with van der Waals surface area (Å²) in [6, 6.07) is 9.51. The molecule has 1 heterocycles. The average molecular weight is 345 g/mol. The summed E-state index contributed by atoms with van der Waals surface area (Å²) in [5, 5.41) is 1.34. The molecule has 0 amide bonds. The maximum absolute atomic E-state index is 12.9. The third-order valence-corrected chi connectivity index (χ3v) is 4.63. The highest BCUT2D eigenvalue weighted by Gasteiger charge is 2.20. The van der Waals surface area contributed by atoms with Crippen LogP contribution < -0.4 is 10.4 Å². The normalized spacial score (nSPS) is 13.2. The van der Waals surface area contributed by atoms with E-state index in [0.29, 0.717) is 16.4 Å². The number of hydrogen-bond donors (Lipinski definition) is 0. The number of fused-ring (bicyclic) bond motifs is 3. The molecule has 0 N–H and O–H groups in total. The highest BCUT2D eigenvalue weighted by atomic mass is 35.5. The van der Waals surface area contributed by atoms with Crippen LogP contribution in [0.5, 0.6) is 5.75 Å². The number of halogens is 2. The van der Waals surface area contributed by atoms with Gasteiger partial charge in [-0.2, -0.15) is 0 Å². The number of aryl methyl sites for hydroxylation is 1. The molecule has 0 radical (unpaired) electrons. The zero-order valence-corrected chi connectivity index (χ0v) is 13.5. The first-order chi connectivity index (χ1) is 11.6. The van der Waals surface area contributed by atoms with Gasteiger partial charge in [0.15, 0.2) is 0 Å². The molecule has 1 aromatic heterocycles. The molecular formula is C19H14ClFO3. The monoisotopic (exact) mass is 344 g/mol. The number of rotatable bonds is 3. The van der Waals surface area contributed by atoms with E-state index in [1.54, 1.807) is 24.3 Å². The van der Waals surface area contributed by atoms with Crippen molar-refractivity contribution >= 4 is 22.6 Å². The summed E-state index contributed by atoms with van der Waals surface area (Å²) >= 11 is 6.33. The Hall–Kier alpha value is -2.33. The van der Waals surface area contributed by atoms with E-state index in [0.717, 1.165) is 41.3 Å². The average Bonchev–Trinajstić information content (AvgIpc) is 3.06. The number of benzene rings is 2. The van der Waals surface area contributed by atoms with E-state index >= 15 is 0 Å². The van der Waals surface area contributed by atoms with Gasteiger partial charge >= 0.3 is 5.63 Å². The quantitative estimate of drug-likeness (QED) is 0.649. The van der Waals surface area contributed by atoms with E-state index in [1.165, 1.54) is 12.1 Å². The maximum atomic E-state index is 12.9. The van der Waals surface area contributed by atoms with Gasteiger partial charge in [-0.05, 0) is 48.6 Å². The molecule has 2 aromatic carbocycles. The standard InChI is InChI=1S/C19H14ClFO3/c20-16-8-15-13-2-1-3-14(13)19(22)24-17(15)9-18(16)23-10-11-4-6-12(21)7-5-11/h4-9H,1-3,10H2. The molecule has 0 spiro atoms. The molecule has 3 aromatic rings. The van der Waals surface area contributed by atoms with Crippen LogP contribution in [0.2, 0.25) is 5.02 Å². The van der Waals surface area contributed by atoms with Crippen molar-refractivity contribution in [3.63, 3.8) is 0 Å². The van der Waals surface area contributed by atoms with Crippen LogP contribution in [-0.4, -0.2) is 0 Å². The lowest BCUT2D eigenvalue weighted by Gasteiger charge is -2.11. The molecule has 0 atom stereocenters. The molecule has 5 heteroatoms. The fourth-order valence-corrected chi connectivity index (χ4v) is 3.35. The molecule has 1 aliphatic carbocycles. The Balaban J connectivity index is 1.69. The molecule has 3 nitrogen and oxygen atoms in total. The Morgan fingerprint density at radius 1 is 1.12 bits per heavy atom. The lowest BCUT2D eigenvalue weighted by molar-refractivity contribution is 0.306. The lowest BCUT2D eigenvalue weighted by Crippen LogP contribution is -2.07. The van der Waals surface area contributed by atoms with Crippen LogP contribution in [0.4, 0.5) is 4.39 Å². The van der Waals surface area contributed by atoms with Crippen molar-refractivity contribution in [2.24, 2.45) is 0 Å². The molecule has 24 heavy (non-hydrogen) atoms. The Labute approximate surface area is 142 Å². The first kappa shape index (κ1) is 15.2. The van der Waals surface area contributed by atoms with Gasteiger partial charge in [-0.1, -0.05) is 23.7 Å². The van der Waals surface area contributed by atoms with E-state index in [1.807, 2.05) is 0 Å². The van der Waals surface area contributed by atoms with Crippen LogP contribution in [0.15, 0.2) is 45.6 Å². The van der Waals surface area contributed by atoms with Gasteiger partial charge in [-0.25, -0.2) is 9.18 Å². The van der Waals surface area contributed by atoms with Crippen LogP contribution in [0.1, 0.15) is 23.1 Å². The van der Waals surface area contributed by atoms with Crippen molar-refractivity contribution in [2.75, 3.05) is 0 Å². The zero-order valence-electron chi connectivity index (χ0n) is 12.8. The second kappa shape index (κ2) is 5.95. The van der Waals surface area contributed by atoms with Crippen LogP contribution in [-0.2, 0) is 19.4 Å². The van der Waals surface area contributed by atoms with E-state index in [9.17, 15) is 9.18 Å². The van der Waals surface area contributed by atoms with Crippen LogP contribution in [0, 0.1) is 5.82 Å². The number of ether oxygens (including phenoxy) is 1. The fourth-order valence-electron chi connectivity index (χ4n) is 3.14. The Morgan fingerprint density at radius 3 is 2.67 bits per heavy atom. The molecular weight excluding hydrogens is 331 g/mol. The summed E-state index contributed by atoms with van der Waals surface area (Å²) in [6.45, 7) is 0.251. The van der Waals surface area contributed by atoms with Crippen molar-refractivity contribution in [3.05, 3.63) is 74.3 Å². The van der Waals surface area contributed by atoms with E-state index in [2.05, 4.69) is 0 Å². The summed E-state index contributed by atoms with van der Waals surface area (Å²) in [5.74, 6) is 0.146. The minimum Gasteiger partial charge on any atom is -0.487 e. The molecule has 0 saturated heterocycles. The lowest BCUT2D eigenvalue weighted by atomic mass is 10.1. The third kappa shape index (κ3) is 2.67. The largest absolute Gasteiger partial charge is 0.487 e. The Bertz CT molecular complexity index is 977. The predicted molar refractivity (Wildman–Crippen MR) is 90.3 cm³/mol. The summed E-state index contributed by atoms with van der Waals surface area (Å²) in [6.07, 6.45) is 2.58. The minimum absolute atomic E-state index is 0.251. The van der Waals surface area contributed by atoms with Gasteiger partial charge in [-0.15, -0.1) is 0 Å². The van der Waals surface area contributed by atoms with Gasteiger partial charge in [0.25, 0.3) is 0 Å². The minimum atomic E-state index is -0.293. The van der Waals surface area contributed by atoms with Crippen LogP contribution in [0.25, 0.3) is 11.0 Å². The molecule has 1 aliphatic rings. The maximum Gasteiger partial charge on any atom is 0.339 e. The third-order valence-electron chi connectivity index (χ3n) is 4.33. The van der Waals surface area contributed by atoms with Gasteiger partial charge in [0.2, 0.25) is 0 Å². The molecule has 4 rings (SSSR count). The van der Waals surface area contributed by atoms with Crippen molar-refractivity contribution < 1.29 is 13.5 Å². The smallest absolute Gasteiger partial charge is 0.339 e. The molecule has 0 bridgehead atoms. The fraction of sp³-hybridized carbons (Fsp3) is 0.211. The molecule has 0 fully saturated rings. The van der Waals surface area contributed by atoms with Gasteiger partial charge < -0.3 is 9.15 Å². The topological polar surface area (TPSA) is 39.4 Å². The summed E-state index contributed by atoms with van der Waals surface area (Å²) < 4.78 is 24.1. The van der Waals surface area contributed by atoms with E-state index in [-0.39, 0.29) is 18.0 Å². The van der Waals surface area contributed by atoms with Crippen molar-refractivity contribution in [1.82, 2.24) is 0 Å². The Kier molecular flexibility index (Phi) is 3.77. The van der Waals surface area contributed by atoms with E-state index in [4.69, 9.17) is 20.8 Å². The molecule has 0 aliphatic heterocycles. The second-order valence-corrected chi connectivity index (χ2v) is 6.30. The predicted octanol–water partition coefficient (Wildman–Crippen LogP) is 4.65. The second-order valence-electron chi connectivity index (χ2n) is 5.89. The van der Waals surface area contributed by atoms with Crippen molar-refractivity contribution in [3.8, 4) is 5.75 Å². The highest BCUT2D eigenvalue weighted by molar-refractivity contribution is 6.32. The number of hydrogen-bond acceptors (Lipinski definition) is 3.